The zero-order valence-corrected chi connectivity index (χ0v) is 5.65. The lowest BCUT2D eigenvalue weighted by atomic mass is 10.1. The summed E-state index contributed by atoms with van der Waals surface area (Å²) in [5.41, 5.74) is 1.37. The lowest BCUT2D eigenvalue weighted by Gasteiger charge is -2.06. The molecule has 1 heteroatoms. The molecule has 0 aromatic rings. The minimum Gasteiger partial charge on any atom is -0.118 e. The Bertz CT molecular complexity index is 133. The van der Waals surface area contributed by atoms with Crippen molar-refractivity contribution in [3.8, 4) is 0 Å². The van der Waals surface area contributed by atoms with Gasteiger partial charge in [0.15, 0.2) is 0 Å². The molecular formula is C7H9Cl. The van der Waals surface area contributed by atoms with Crippen LogP contribution in [0.1, 0.15) is 13.3 Å². The Kier molecular flexibility index (Phi) is 1.74. The molecule has 1 rings (SSSR count). The Balaban J connectivity index is 2.59. The fourth-order valence-corrected chi connectivity index (χ4v) is 1.11. The van der Waals surface area contributed by atoms with Gasteiger partial charge in [0.2, 0.25) is 0 Å². The molecule has 0 aromatic heterocycles. The maximum Gasteiger partial charge on any atom is 0.0556 e. The third-order valence-electron chi connectivity index (χ3n) is 1.22. The van der Waals surface area contributed by atoms with Crippen LogP contribution in [-0.2, 0) is 0 Å². The number of alkyl halides is 1. The summed E-state index contributed by atoms with van der Waals surface area (Å²) in [5.74, 6) is 0. The van der Waals surface area contributed by atoms with E-state index in [9.17, 15) is 0 Å². The van der Waals surface area contributed by atoms with Crippen molar-refractivity contribution in [2.24, 2.45) is 0 Å². The summed E-state index contributed by atoms with van der Waals surface area (Å²) in [5, 5.41) is 0.236. The maximum atomic E-state index is 5.78. The van der Waals surface area contributed by atoms with Crippen LogP contribution in [0.3, 0.4) is 0 Å². The molecule has 0 heterocycles. The van der Waals surface area contributed by atoms with Crippen molar-refractivity contribution < 1.29 is 0 Å². The van der Waals surface area contributed by atoms with Gasteiger partial charge in [0, 0.05) is 0 Å². The quantitative estimate of drug-likeness (QED) is 0.440. The molecule has 0 radical (unpaired) electrons. The summed E-state index contributed by atoms with van der Waals surface area (Å²) in [6.45, 7) is 2.10. The van der Waals surface area contributed by atoms with Crippen molar-refractivity contribution in [2.45, 2.75) is 18.7 Å². The van der Waals surface area contributed by atoms with E-state index in [4.69, 9.17) is 11.6 Å². The largest absolute Gasteiger partial charge is 0.118 e. The van der Waals surface area contributed by atoms with E-state index in [2.05, 4.69) is 13.0 Å². The first-order valence-electron chi connectivity index (χ1n) is 2.77. The molecule has 0 fully saturated rings. The minimum absolute atomic E-state index is 0.236. The average molecular weight is 129 g/mol. The van der Waals surface area contributed by atoms with Crippen LogP contribution in [-0.4, -0.2) is 5.38 Å². The van der Waals surface area contributed by atoms with Gasteiger partial charge in [-0.1, -0.05) is 23.8 Å². The van der Waals surface area contributed by atoms with Gasteiger partial charge in [-0.2, -0.15) is 0 Å². The smallest absolute Gasteiger partial charge is 0.0556 e. The van der Waals surface area contributed by atoms with Gasteiger partial charge in [-0.05, 0) is 13.3 Å². The molecule has 1 aliphatic carbocycles. The highest BCUT2D eigenvalue weighted by Gasteiger charge is 2.02. The minimum atomic E-state index is 0.236. The van der Waals surface area contributed by atoms with Gasteiger partial charge in [0.25, 0.3) is 0 Å². The summed E-state index contributed by atoms with van der Waals surface area (Å²) in [7, 11) is 0. The Morgan fingerprint density at radius 3 is 2.88 bits per heavy atom. The summed E-state index contributed by atoms with van der Waals surface area (Å²) in [4.78, 5) is 0. The molecule has 44 valence electrons. The van der Waals surface area contributed by atoms with E-state index in [1.165, 1.54) is 5.57 Å². The van der Waals surface area contributed by atoms with E-state index < -0.39 is 0 Å². The van der Waals surface area contributed by atoms with Crippen LogP contribution in [0.25, 0.3) is 0 Å². The summed E-state index contributed by atoms with van der Waals surface area (Å²) < 4.78 is 0. The summed E-state index contributed by atoms with van der Waals surface area (Å²) in [6, 6.07) is 0. The molecule has 8 heavy (non-hydrogen) atoms. The molecule has 0 aromatic carbocycles. The van der Waals surface area contributed by atoms with Crippen molar-refractivity contribution >= 4 is 11.6 Å². The van der Waals surface area contributed by atoms with Crippen LogP contribution >= 0.6 is 11.6 Å². The zero-order valence-electron chi connectivity index (χ0n) is 4.89. The monoisotopic (exact) mass is 128 g/mol. The third kappa shape index (κ3) is 1.38. The van der Waals surface area contributed by atoms with Crippen molar-refractivity contribution in [3.05, 3.63) is 23.8 Å². The predicted octanol–water partition coefficient (Wildman–Crippen LogP) is 2.50. The Morgan fingerprint density at radius 2 is 2.50 bits per heavy atom. The highest BCUT2D eigenvalue weighted by molar-refractivity contribution is 6.22. The molecule has 1 atom stereocenters. The van der Waals surface area contributed by atoms with Crippen LogP contribution in [0.4, 0.5) is 0 Å². The lowest BCUT2D eigenvalue weighted by molar-refractivity contribution is 0.969. The number of rotatable bonds is 0. The van der Waals surface area contributed by atoms with Crippen molar-refractivity contribution in [3.63, 3.8) is 0 Å². The van der Waals surface area contributed by atoms with Crippen molar-refractivity contribution in [2.75, 3.05) is 0 Å². The Morgan fingerprint density at radius 1 is 1.75 bits per heavy atom. The highest BCUT2D eigenvalue weighted by atomic mass is 35.5. The second kappa shape index (κ2) is 2.36. The molecule has 0 bridgehead atoms. The van der Waals surface area contributed by atoms with Crippen LogP contribution in [0.15, 0.2) is 23.8 Å². The van der Waals surface area contributed by atoms with Gasteiger partial charge < -0.3 is 0 Å². The van der Waals surface area contributed by atoms with E-state index in [0.29, 0.717) is 0 Å². The SMILES string of the molecule is CC1=CC=CC(Cl)C1. The summed E-state index contributed by atoms with van der Waals surface area (Å²) >= 11 is 5.78. The molecule has 1 unspecified atom stereocenters. The number of allylic oxidation sites excluding steroid dienone is 4. The Hall–Kier alpha value is -0.230. The van der Waals surface area contributed by atoms with Crippen molar-refractivity contribution in [1.82, 2.24) is 0 Å². The first kappa shape index (κ1) is 5.90. The number of hydrogen-bond donors (Lipinski definition) is 0. The number of hydrogen-bond acceptors (Lipinski definition) is 0. The predicted molar refractivity (Wildman–Crippen MR) is 37.2 cm³/mol. The third-order valence-corrected chi connectivity index (χ3v) is 1.52. The highest BCUT2D eigenvalue weighted by Crippen LogP contribution is 2.15. The Labute approximate surface area is 54.8 Å². The van der Waals surface area contributed by atoms with Gasteiger partial charge >= 0.3 is 0 Å². The fourth-order valence-electron chi connectivity index (χ4n) is 0.784. The molecular weight excluding hydrogens is 120 g/mol. The first-order chi connectivity index (χ1) is 3.79. The lowest BCUT2D eigenvalue weighted by Crippen LogP contribution is -1.96. The van der Waals surface area contributed by atoms with Gasteiger partial charge in [0.05, 0.1) is 5.38 Å². The van der Waals surface area contributed by atoms with Crippen LogP contribution in [0, 0.1) is 0 Å². The van der Waals surface area contributed by atoms with E-state index in [1.54, 1.807) is 0 Å². The fraction of sp³-hybridized carbons (Fsp3) is 0.429. The first-order valence-corrected chi connectivity index (χ1v) is 3.21. The van der Waals surface area contributed by atoms with E-state index in [1.807, 2.05) is 12.2 Å². The standard InChI is InChI=1S/C7H9Cl/c1-6-3-2-4-7(8)5-6/h2-4,7H,5H2,1H3. The van der Waals surface area contributed by atoms with Gasteiger partial charge in [-0.15, -0.1) is 11.6 Å². The second-order valence-electron chi connectivity index (χ2n) is 2.12. The molecule has 0 saturated heterocycles. The zero-order chi connectivity index (χ0) is 5.98. The van der Waals surface area contributed by atoms with Crippen LogP contribution in [0.2, 0.25) is 0 Å². The molecule has 0 amide bonds. The van der Waals surface area contributed by atoms with Crippen LogP contribution < -0.4 is 0 Å². The second-order valence-corrected chi connectivity index (χ2v) is 2.68. The number of halogens is 1. The molecule has 0 aliphatic heterocycles. The van der Waals surface area contributed by atoms with Crippen LogP contribution in [0.5, 0.6) is 0 Å². The molecule has 0 N–H and O–H groups in total. The molecule has 0 spiro atoms. The van der Waals surface area contributed by atoms with E-state index in [-0.39, 0.29) is 5.38 Å². The normalized spacial score (nSPS) is 27.8. The van der Waals surface area contributed by atoms with Gasteiger partial charge in [-0.3, -0.25) is 0 Å². The van der Waals surface area contributed by atoms with Gasteiger partial charge in [-0.25, -0.2) is 0 Å². The van der Waals surface area contributed by atoms with E-state index >= 15 is 0 Å². The average Bonchev–Trinajstić information content (AvgIpc) is 1.64. The summed E-state index contributed by atoms with van der Waals surface area (Å²) in [6.07, 6.45) is 7.13. The molecule has 0 saturated carbocycles. The maximum absolute atomic E-state index is 5.78. The molecule has 1 aliphatic rings. The van der Waals surface area contributed by atoms with E-state index in [0.717, 1.165) is 6.42 Å². The van der Waals surface area contributed by atoms with Crippen molar-refractivity contribution in [1.29, 1.82) is 0 Å². The topological polar surface area (TPSA) is 0 Å². The van der Waals surface area contributed by atoms with Gasteiger partial charge in [0.1, 0.15) is 0 Å². The molecule has 0 nitrogen and oxygen atoms in total.